The molecule has 2 fully saturated rings. The van der Waals surface area contributed by atoms with Crippen LogP contribution >= 0.6 is 0 Å². The van der Waals surface area contributed by atoms with Crippen LogP contribution in [0.1, 0.15) is 6.92 Å². The van der Waals surface area contributed by atoms with E-state index in [9.17, 15) is 9.59 Å². The average Bonchev–Trinajstić information content (AvgIpc) is 2.90. The molecule has 0 aromatic heterocycles. The zero-order valence-electron chi connectivity index (χ0n) is 22.7. The molecule has 2 aliphatic heterocycles. The Balaban J connectivity index is 2.35. The molecule has 10 atom stereocenters. The summed E-state index contributed by atoms with van der Waals surface area (Å²) >= 11 is 0. The van der Waals surface area contributed by atoms with Gasteiger partial charge in [0.15, 0.2) is 12.6 Å². The van der Waals surface area contributed by atoms with Gasteiger partial charge >= 0.3 is 11.9 Å². The number of aliphatic carboxylic acids is 2. The first-order chi connectivity index (χ1) is 18.7. The van der Waals surface area contributed by atoms with Crippen molar-refractivity contribution in [3.05, 3.63) is 0 Å². The highest BCUT2D eigenvalue weighted by Crippen LogP contribution is 2.35. The molecule has 2 aliphatic rings. The van der Waals surface area contributed by atoms with Crippen molar-refractivity contribution in [3.63, 3.8) is 0 Å². The fourth-order valence-electron chi connectivity index (χ4n) is 4.61. The second kappa shape index (κ2) is 17.3. The molecule has 228 valence electrons. The number of ether oxygens (including phenoxy) is 10. The van der Waals surface area contributed by atoms with Gasteiger partial charge in [0.05, 0.1) is 32.0 Å². The molecule has 39 heavy (non-hydrogen) atoms. The largest absolute Gasteiger partial charge is 0.480 e. The zero-order valence-corrected chi connectivity index (χ0v) is 22.7. The number of hydrogen-bond donors (Lipinski definition) is 3. The van der Waals surface area contributed by atoms with Crippen LogP contribution in [-0.4, -0.2) is 151 Å². The topological polar surface area (TPSA) is 196 Å². The van der Waals surface area contributed by atoms with Crippen LogP contribution in [-0.2, 0) is 61.8 Å². The molecule has 2 rings (SSSR count). The average molecular weight is 573 g/mol. The summed E-state index contributed by atoms with van der Waals surface area (Å²) in [6.45, 7) is 0.513. The maximum Gasteiger partial charge on any atom is 0.329 e. The van der Waals surface area contributed by atoms with Crippen molar-refractivity contribution in [2.24, 2.45) is 5.92 Å². The molecule has 0 spiro atoms. The lowest BCUT2D eigenvalue weighted by Gasteiger charge is -2.49. The molecule has 0 aliphatic carbocycles. The van der Waals surface area contributed by atoms with Crippen LogP contribution in [0.5, 0.6) is 0 Å². The highest BCUT2D eigenvalue weighted by Gasteiger charge is 2.52. The molecule has 2 saturated heterocycles. The van der Waals surface area contributed by atoms with Crippen LogP contribution in [0.2, 0.25) is 0 Å². The quantitative estimate of drug-likeness (QED) is 0.105. The van der Waals surface area contributed by atoms with E-state index in [1.807, 2.05) is 6.92 Å². The Morgan fingerprint density at radius 3 is 1.95 bits per heavy atom. The Labute approximate surface area is 226 Å². The summed E-state index contributed by atoms with van der Waals surface area (Å²) < 4.78 is 57.4. The lowest BCUT2D eigenvalue weighted by atomic mass is 9.90. The molecule has 7 unspecified atom stereocenters. The van der Waals surface area contributed by atoms with Crippen LogP contribution in [0, 0.1) is 5.92 Å². The van der Waals surface area contributed by atoms with Gasteiger partial charge in [0.2, 0.25) is 0 Å². The van der Waals surface area contributed by atoms with Gasteiger partial charge in [-0.05, 0) is 0 Å². The molecule has 0 saturated carbocycles. The van der Waals surface area contributed by atoms with Gasteiger partial charge in [-0.15, -0.1) is 0 Å². The smallest absolute Gasteiger partial charge is 0.329 e. The van der Waals surface area contributed by atoms with Crippen LogP contribution < -0.4 is 0 Å². The molecule has 16 nitrogen and oxygen atoms in total. The van der Waals surface area contributed by atoms with E-state index in [1.54, 1.807) is 0 Å². The minimum Gasteiger partial charge on any atom is -0.480 e. The number of rotatable bonds is 18. The van der Waals surface area contributed by atoms with Gasteiger partial charge in [0, 0.05) is 34.4 Å². The van der Waals surface area contributed by atoms with Crippen molar-refractivity contribution < 1.29 is 77.3 Å². The summed E-state index contributed by atoms with van der Waals surface area (Å²) in [7, 11) is 5.69. The van der Waals surface area contributed by atoms with Crippen LogP contribution in [0.15, 0.2) is 0 Å². The number of carbonyl (C=O) groups is 2. The Hall–Kier alpha value is -1.54. The van der Waals surface area contributed by atoms with Gasteiger partial charge in [-0.2, -0.15) is 0 Å². The van der Waals surface area contributed by atoms with E-state index in [2.05, 4.69) is 4.89 Å². The Morgan fingerprint density at radius 1 is 0.718 bits per heavy atom. The molecular formula is C23H40O16. The predicted octanol–water partition coefficient (Wildman–Crippen LogP) is -0.774. The minimum absolute atomic E-state index is 0.0148. The van der Waals surface area contributed by atoms with Gasteiger partial charge in [0.25, 0.3) is 0 Å². The van der Waals surface area contributed by atoms with Gasteiger partial charge < -0.3 is 57.6 Å². The molecule has 0 bridgehead atoms. The monoisotopic (exact) mass is 572 g/mol. The minimum atomic E-state index is -1.20. The third-order valence-corrected chi connectivity index (χ3v) is 6.39. The number of methoxy groups -OCH3 is 4. The Bertz CT molecular complexity index is 724. The zero-order chi connectivity index (χ0) is 28.9. The highest BCUT2D eigenvalue weighted by molar-refractivity contribution is 5.68. The van der Waals surface area contributed by atoms with Crippen LogP contribution in [0.25, 0.3) is 0 Å². The van der Waals surface area contributed by atoms with Crippen molar-refractivity contribution in [3.8, 4) is 0 Å². The lowest BCUT2D eigenvalue weighted by molar-refractivity contribution is -0.363. The second-order valence-electron chi connectivity index (χ2n) is 8.88. The SMILES string of the molecule is COCC1OC(OC)C(OCC(=O)O)C(OC)[C@H]1OC1OC(COCC(=O)O)[C@@H](C)C(OCCOO)[C@@H]1OC. The summed E-state index contributed by atoms with van der Waals surface area (Å²) in [5.41, 5.74) is 0. The maximum absolute atomic E-state index is 11.2. The van der Waals surface area contributed by atoms with Gasteiger partial charge in [-0.25, -0.2) is 14.5 Å². The lowest BCUT2D eigenvalue weighted by Crippen LogP contribution is -2.65. The van der Waals surface area contributed by atoms with Crippen molar-refractivity contribution in [2.75, 3.05) is 68.1 Å². The van der Waals surface area contributed by atoms with Crippen molar-refractivity contribution >= 4 is 11.9 Å². The molecule has 3 N–H and O–H groups in total. The number of carboxylic acid groups (broad SMARTS) is 2. The predicted molar refractivity (Wildman–Crippen MR) is 126 cm³/mol. The third kappa shape index (κ3) is 9.51. The van der Waals surface area contributed by atoms with E-state index >= 15 is 0 Å². The number of hydrogen-bond acceptors (Lipinski definition) is 14. The van der Waals surface area contributed by atoms with Gasteiger partial charge in [-0.1, -0.05) is 6.92 Å². The third-order valence-electron chi connectivity index (χ3n) is 6.39. The van der Waals surface area contributed by atoms with E-state index in [-0.39, 0.29) is 32.3 Å². The van der Waals surface area contributed by atoms with Crippen LogP contribution in [0.3, 0.4) is 0 Å². The van der Waals surface area contributed by atoms with E-state index in [4.69, 9.17) is 62.8 Å². The molecule has 0 aromatic rings. The normalized spacial score (nSPS) is 35.1. The second-order valence-corrected chi connectivity index (χ2v) is 8.88. The maximum atomic E-state index is 11.2. The first-order valence-electron chi connectivity index (χ1n) is 12.3. The summed E-state index contributed by atoms with van der Waals surface area (Å²) in [5.74, 6) is -2.70. The van der Waals surface area contributed by atoms with Crippen LogP contribution in [0.4, 0.5) is 0 Å². The van der Waals surface area contributed by atoms with Gasteiger partial charge in [0.1, 0.15) is 50.3 Å². The van der Waals surface area contributed by atoms with E-state index in [0.717, 1.165) is 0 Å². The van der Waals surface area contributed by atoms with E-state index in [1.165, 1.54) is 28.4 Å². The fraction of sp³-hybridized carbons (Fsp3) is 0.913. The molecule has 16 heteroatoms. The fourth-order valence-corrected chi connectivity index (χ4v) is 4.61. The van der Waals surface area contributed by atoms with Crippen molar-refractivity contribution in [2.45, 2.75) is 62.2 Å². The van der Waals surface area contributed by atoms with Gasteiger partial charge in [-0.3, -0.25) is 5.26 Å². The molecule has 0 aromatic carbocycles. The van der Waals surface area contributed by atoms with Crippen molar-refractivity contribution in [1.82, 2.24) is 0 Å². The number of carboxylic acids is 2. The Morgan fingerprint density at radius 2 is 1.38 bits per heavy atom. The summed E-state index contributed by atoms with van der Waals surface area (Å²) in [6, 6.07) is 0. The first-order valence-corrected chi connectivity index (χ1v) is 12.3. The summed E-state index contributed by atoms with van der Waals surface area (Å²) in [5, 5.41) is 26.8. The molecule has 2 heterocycles. The molecule has 0 radical (unpaired) electrons. The Kier molecular flexibility index (Phi) is 14.9. The van der Waals surface area contributed by atoms with Crippen molar-refractivity contribution in [1.29, 1.82) is 0 Å². The first kappa shape index (κ1) is 33.7. The molecule has 0 amide bonds. The highest BCUT2D eigenvalue weighted by atomic mass is 17.1. The van der Waals surface area contributed by atoms with E-state index in [0.29, 0.717) is 0 Å². The summed E-state index contributed by atoms with van der Waals surface area (Å²) in [4.78, 5) is 26.3. The summed E-state index contributed by atoms with van der Waals surface area (Å²) in [6.07, 6.45) is -7.85. The standard InChI is InChI=1S/C23H40O16/c1-12-13(9-33-10-15(24)25)37-23(20(31-4)17(12)34-6-7-36-28)39-18-14(8-29-2)38-22(32-5)21(19(18)30-3)35-11-16(26)27/h12-14,17-23,28H,6-11H2,1-5H3,(H,24,25)(H,26,27)/t12-,13?,14?,17?,18+,19?,20+,21?,22?,23?/m1/s1. The molecular weight excluding hydrogens is 532 g/mol. The van der Waals surface area contributed by atoms with E-state index < -0.39 is 80.5 Å².